The lowest BCUT2D eigenvalue weighted by Crippen LogP contribution is -2.30. The van der Waals surface area contributed by atoms with Crippen LogP contribution in [0.1, 0.15) is 22.7 Å². The number of hydrazine groups is 1. The Hall–Kier alpha value is -1.98. The third-order valence-electron chi connectivity index (χ3n) is 2.76. The van der Waals surface area contributed by atoms with Crippen molar-refractivity contribution < 1.29 is 0 Å². The van der Waals surface area contributed by atoms with Crippen molar-refractivity contribution in [1.29, 1.82) is 0 Å². The number of nitrogen functional groups attached to an aromatic ring is 1. The Balaban J connectivity index is 2.48. The van der Waals surface area contributed by atoms with E-state index in [2.05, 4.69) is 15.4 Å². The summed E-state index contributed by atoms with van der Waals surface area (Å²) in [5.74, 6) is 5.61. The van der Waals surface area contributed by atoms with Gasteiger partial charge in [0.2, 0.25) is 0 Å². The van der Waals surface area contributed by atoms with Crippen LogP contribution in [0.5, 0.6) is 0 Å². The zero-order valence-electron chi connectivity index (χ0n) is 9.59. The maximum atomic E-state index is 5.93. The minimum absolute atomic E-state index is 0.197. The Morgan fingerprint density at radius 1 is 1.12 bits per heavy atom. The number of rotatable bonds is 3. The molecule has 0 fully saturated rings. The number of pyridine rings is 2. The molecule has 2 heterocycles. The van der Waals surface area contributed by atoms with Gasteiger partial charge in [-0.15, -0.1) is 0 Å². The molecule has 0 amide bonds. The van der Waals surface area contributed by atoms with Crippen molar-refractivity contribution in [2.45, 2.75) is 13.0 Å². The first kappa shape index (κ1) is 11.5. The molecule has 5 heteroatoms. The van der Waals surface area contributed by atoms with Crippen molar-refractivity contribution in [2.24, 2.45) is 5.84 Å². The Morgan fingerprint density at radius 3 is 2.35 bits per heavy atom. The predicted octanol–water partition coefficient (Wildman–Crippen LogP) is 0.920. The molecule has 1 atom stereocenters. The molecule has 0 bridgehead atoms. The van der Waals surface area contributed by atoms with Crippen molar-refractivity contribution in [2.75, 3.05) is 5.73 Å². The number of hydrogen-bond donors (Lipinski definition) is 3. The minimum atomic E-state index is -0.197. The van der Waals surface area contributed by atoms with Gasteiger partial charge in [-0.3, -0.25) is 15.8 Å². The quantitative estimate of drug-likeness (QED) is 0.538. The van der Waals surface area contributed by atoms with Crippen LogP contribution in [-0.2, 0) is 0 Å². The molecule has 0 saturated carbocycles. The third kappa shape index (κ3) is 2.25. The predicted molar refractivity (Wildman–Crippen MR) is 66.8 cm³/mol. The summed E-state index contributed by atoms with van der Waals surface area (Å²) in [5.41, 5.74) is 12.3. The lowest BCUT2D eigenvalue weighted by atomic mass is 9.97. The summed E-state index contributed by atoms with van der Waals surface area (Å²) in [5, 5.41) is 0. The Labute approximate surface area is 99.9 Å². The van der Waals surface area contributed by atoms with Crippen LogP contribution in [0.3, 0.4) is 0 Å². The van der Waals surface area contributed by atoms with E-state index in [0.29, 0.717) is 5.69 Å². The molecule has 0 aliphatic heterocycles. The van der Waals surface area contributed by atoms with E-state index in [0.717, 1.165) is 16.7 Å². The molecule has 5 nitrogen and oxygen atoms in total. The van der Waals surface area contributed by atoms with Gasteiger partial charge < -0.3 is 5.73 Å². The summed E-state index contributed by atoms with van der Waals surface area (Å²) in [7, 11) is 0. The van der Waals surface area contributed by atoms with Crippen LogP contribution >= 0.6 is 0 Å². The van der Waals surface area contributed by atoms with Crippen LogP contribution in [0.2, 0.25) is 0 Å². The largest absolute Gasteiger partial charge is 0.398 e. The highest BCUT2D eigenvalue weighted by molar-refractivity contribution is 5.50. The Bertz CT molecular complexity index is 466. The summed E-state index contributed by atoms with van der Waals surface area (Å²) in [4.78, 5) is 8.19. The number of nitrogens with zero attached hydrogens (tertiary/aromatic N) is 2. The fourth-order valence-electron chi connectivity index (χ4n) is 1.78. The highest BCUT2D eigenvalue weighted by Crippen LogP contribution is 2.26. The van der Waals surface area contributed by atoms with Crippen molar-refractivity contribution in [1.82, 2.24) is 15.4 Å². The third-order valence-corrected chi connectivity index (χ3v) is 2.76. The summed E-state index contributed by atoms with van der Waals surface area (Å²) >= 11 is 0. The number of nitrogens with two attached hydrogens (primary N) is 2. The maximum absolute atomic E-state index is 5.93. The molecule has 0 spiro atoms. The number of aromatic nitrogens is 2. The van der Waals surface area contributed by atoms with Crippen LogP contribution in [-0.4, -0.2) is 9.97 Å². The molecule has 0 aliphatic rings. The van der Waals surface area contributed by atoms with E-state index < -0.39 is 0 Å². The van der Waals surface area contributed by atoms with Crippen LogP contribution in [0.15, 0.2) is 36.9 Å². The van der Waals surface area contributed by atoms with E-state index in [9.17, 15) is 0 Å². The van der Waals surface area contributed by atoms with Crippen molar-refractivity contribution in [3.8, 4) is 0 Å². The standard InChI is InChI=1S/C12H15N5/c1-8-2-4-15-6-9(8)12(17-14)10-7-16-5-3-11(10)13/h2-7,12,17H,14H2,1H3,(H2,13,16). The summed E-state index contributed by atoms with van der Waals surface area (Å²) < 4.78 is 0. The molecule has 2 rings (SSSR count). The fourth-order valence-corrected chi connectivity index (χ4v) is 1.78. The zero-order chi connectivity index (χ0) is 12.3. The van der Waals surface area contributed by atoms with E-state index in [4.69, 9.17) is 11.6 Å². The highest BCUT2D eigenvalue weighted by Gasteiger charge is 2.17. The molecule has 17 heavy (non-hydrogen) atoms. The molecule has 88 valence electrons. The second-order valence-electron chi connectivity index (χ2n) is 3.84. The average molecular weight is 229 g/mol. The first-order chi connectivity index (χ1) is 8.24. The molecule has 0 radical (unpaired) electrons. The van der Waals surface area contributed by atoms with Gasteiger partial charge in [0.25, 0.3) is 0 Å². The van der Waals surface area contributed by atoms with Gasteiger partial charge >= 0.3 is 0 Å². The summed E-state index contributed by atoms with van der Waals surface area (Å²) in [6.07, 6.45) is 6.90. The molecule has 5 N–H and O–H groups in total. The van der Waals surface area contributed by atoms with Crippen molar-refractivity contribution in [3.05, 3.63) is 53.6 Å². The number of nitrogens with one attached hydrogen (secondary N) is 1. The van der Waals surface area contributed by atoms with Gasteiger partial charge in [-0.25, -0.2) is 5.43 Å². The molecule has 0 aliphatic carbocycles. The number of hydrogen-bond acceptors (Lipinski definition) is 5. The van der Waals surface area contributed by atoms with E-state index in [1.54, 1.807) is 30.9 Å². The van der Waals surface area contributed by atoms with Gasteiger partial charge in [0.1, 0.15) is 0 Å². The number of anilines is 1. The lowest BCUT2D eigenvalue weighted by molar-refractivity contribution is 0.631. The van der Waals surface area contributed by atoms with Crippen LogP contribution < -0.4 is 17.0 Å². The molecule has 0 aromatic carbocycles. The van der Waals surface area contributed by atoms with E-state index >= 15 is 0 Å². The van der Waals surface area contributed by atoms with Crippen LogP contribution in [0, 0.1) is 6.92 Å². The van der Waals surface area contributed by atoms with Gasteiger partial charge in [0.05, 0.1) is 6.04 Å². The SMILES string of the molecule is Cc1ccncc1C(NN)c1cnccc1N. The van der Waals surface area contributed by atoms with E-state index in [1.807, 2.05) is 13.0 Å². The maximum Gasteiger partial charge on any atom is 0.0762 e. The van der Waals surface area contributed by atoms with Crippen LogP contribution in [0.4, 0.5) is 5.69 Å². The topological polar surface area (TPSA) is 89.8 Å². The van der Waals surface area contributed by atoms with Crippen molar-refractivity contribution >= 4 is 5.69 Å². The molecule has 2 aromatic rings. The smallest absolute Gasteiger partial charge is 0.0762 e. The summed E-state index contributed by atoms with van der Waals surface area (Å²) in [6, 6.07) is 3.50. The molecular weight excluding hydrogens is 214 g/mol. The first-order valence-corrected chi connectivity index (χ1v) is 5.30. The van der Waals surface area contributed by atoms with Crippen molar-refractivity contribution in [3.63, 3.8) is 0 Å². The summed E-state index contributed by atoms with van der Waals surface area (Å²) in [6.45, 7) is 2.01. The lowest BCUT2D eigenvalue weighted by Gasteiger charge is -2.19. The van der Waals surface area contributed by atoms with Gasteiger partial charge in [0, 0.05) is 36.0 Å². The van der Waals surface area contributed by atoms with E-state index in [-0.39, 0.29) is 6.04 Å². The monoisotopic (exact) mass is 229 g/mol. The fraction of sp³-hybridized carbons (Fsp3) is 0.167. The second-order valence-corrected chi connectivity index (χ2v) is 3.84. The van der Waals surface area contributed by atoms with Crippen LogP contribution in [0.25, 0.3) is 0 Å². The highest BCUT2D eigenvalue weighted by atomic mass is 15.2. The van der Waals surface area contributed by atoms with Gasteiger partial charge in [-0.1, -0.05) is 0 Å². The Kier molecular flexibility index (Phi) is 3.32. The normalized spacial score (nSPS) is 12.4. The average Bonchev–Trinajstić information content (AvgIpc) is 2.34. The molecule has 1 unspecified atom stereocenters. The molecule has 0 saturated heterocycles. The molecule has 2 aromatic heterocycles. The first-order valence-electron chi connectivity index (χ1n) is 5.30. The number of aryl methyl sites for hydroxylation is 1. The second kappa shape index (κ2) is 4.90. The molecular formula is C12H15N5. The van der Waals surface area contributed by atoms with Gasteiger partial charge in [-0.2, -0.15) is 0 Å². The van der Waals surface area contributed by atoms with Gasteiger partial charge in [0.15, 0.2) is 0 Å². The van der Waals surface area contributed by atoms with Gasteiger partial charge in [-0.05, 0) is 30.2 Å². The zero-order valence-corrected chi connectivity index (χ0v) is 9.59. The Morgan fingerprint density at radius 2 is 1.76 bits per heavy atom. The minimum Gasteiger partial charge on any atom is -0.398 e. The van der Waals surface area contributed by atoms with E-state index in [1.165, 1.54) is 0 Å².